The molecule has 7 nitrogen and oxygen atoms in total. The van der Waals surface area contributed by atoms with Crippen molar-refractivity contribution in [3.05, 3.63) is 113 Å². The molecule has 0 radical (unpaired) electrons. The first-order chi connectivity index (χ1) is 22.1. The molecule has 230 valence electrons. The lowest BCUT2D eigenvalue weighted by molar-refractivity contribution is -0.131. The van der Waals surface area contributed by atoms with Gasteiger partial charge in [0.1, 0.15) is 11.6 Å². The zero-order chi connectivity index (χ0) is 32.1. The first-order valence-corrected chi connectivity index (χ1v) is 15.7. The maximum Gasteiger partial charge on any atom is 0.241 e. The molecule has 9 heteroatoms. The number of phenols is 1. The molecule has 2 saturated heterocycles. The van der Waals surface area contributed by atoms with Crippen LogP contribution in [0, 0.1) is 34.9 Å². The topological polar surface area (TPSA) is 95.0 Å². The zero-order valence-corrected chi connectivity index (χ0v) is 25.4. The van der Waals surface area contributed by atoms with Crippen molar-refractivity contribution < 1.29 is 28.7 Å². The molecule has 6 atom stereocenters. The van der Waals surface area contributed by atoms with E-state index < -0.39 is 52.6 Å². The van der Waals surface area contributed by atoms with Crippen LogP contribution in [0.25, 0.3) is 10.8 Å². The van der Waals surface area contributed by atoms with Crippen LogP contribution in [0.1, 0.15) is 31.2 Å². The van der Waals surface area contributed by atoms with Crippen molar-refractivity contribution in [1.82, 2.24) is 0 Å². The Hall–Kier alpha value is -4.82. The first kappa shape index (κ1) is 28.6. The Labute approximate surface area is 268 Å². The quantitative estimate of drug-likeness (QED) is 0.198. The van der Waals surface area contributed by atoms with Crippen molar-refractivity contribution in [1.29, 1.82) is 0 Å². The molecule has 0 spiro atoms. The number of carbonyl (C=O) groups excluding carboxylic acids is 4. The number of para-hydroxylation sites is 1. The summed E-state index contributed by atoms with van der Waals surface area (Å²) in [7, 11) is 0. The zero-order valence-electron chi connectivity index (χ0n) is 24.7. The average Bonchev–Trinajstić information content (AvgIpc) is 3.43. The van der Waals surface area contributed by atoms with E-state index >= 15 is 0 Å². The number of halogens is 2. The predicted octanol–water partition coefficient (Wildman–Crippen LogP) is 6.77. The highest BCUT2D eigenvalue weighted by molar-refractivity contribution is 6.32. The summed E-state index contributed by atoms with van der Waals surface area (Å²) in [6.45, 7) is 1.75. The lowest BCUT2D eigenvalue weighted by Crippen LogP contribution is -2.49. The number of imide groups is 2. The van der Waals surface area contributed by atoms with E-state index in [1.165, 1.54) is 17.0 Å². The maximum absolute atomic E-state index is 14.7. The van der Waals surface area contributed by atoms with E-state index in [4.69, 9.17) is 11.6 Å². The number of phenolic OH excluding ortho intramolecular Hbond substituents is 1. The molecule has 4 aromatic carbocycles. The van der Waals surface area contributed by atoms with E-state index in [1.54, 1.807) is 43.3 Å². The van der Waals surface area contributed by atoms with Crippen LogP contribution in [0.15, 0.2) is 96.6 Å². The predicted molar refractivity (Wildman–Crippen MR) is 171 cm³/mol. The highest BCUT2D eigenvalue weighted by Gasteiger charge is 2.68. The molecule has 2 aliphatic carbocycles. The number of hydrogen-bond acceptors (Lipinski definition) is 5. The standard InChI is InChI=1S/C37H28ClFN2O5/c1-37-26(34(44)41(36(37)46)21-12-15-28(39)27(38)17-21)18-25-23(32(37)31-22-10-6-5-7-19(22)11-16-29(31)42)13-14-24-30(25)35(45)40(33(24)43)20-8-3-2-4-9-20/h2-13,15-17,24-26,30,32,42H,14,18H2,1H3. The SMILES string of the molecule is CC12C(=O)N(c3ccc(F)c(Cl)c3)C(=O)C1CC1C(=CCC3C(=O)N(c4ccccc4)C(=O)C31)C2c1c(O)ccc2ccccc12. The van der Waals surface area contributed by atoms with Gasteiger partial charge >= 0.3 is 0 Å². The number of amides is 4. The molecule has 4 aliphatic rings. The van der Waals surface area contributed by atoms with E-state index in [0.29, 0.717) is 11.3 Å². The number of carbonyl (C=O) groups is 4. The Morgan fingerprint density at radius 2 is 1.57 bits per heavy atom. The molecule has 4 amide bonds. The summed E-state index contributed by atoms with van der Waals surface area (Å²) in [5, 5.41) is 12.9. The van der Waals surface area contributed by atoms with E-state index in [2.05, 4.69) is 0 Å². The van der Waals surface area contributed by atoms with Crippen LogP contribution in [0.5, 0.6) is 5.75 Å². The Morgan fingerprint density at radius 3 is 2.33 bits per heavy atom. The second kappa shape index (κ2) is 10.1. The van der Waals surface area contributed by atoms with Gasteiger partial charge in [-0.3, -0.25) is 24.1 Å². The van der Waals surface area contributed by atoms with Gasteiger partial charge in [0, 0.05) is 11.5 Å². The fourth-order valence-electron chi connectivity index (χ4n) is 8.61. The second-order valence-corrected chi connectivity index (χ2v) is 13.2. The van der Waals surface area contributed by atoms with E-state index in [9.17, 15) is 28.7 Å². The summed E-state index contributed by atoms with van der Waals surface area (Å²) in [6, 6.07) is 23.4. The third-order valence-electron chi connectivity index (χ3n) is 10.7. The average molecular weight is 635 g/mol. The summed E-state index contributed by atoms with van der Waals surface area (Å²) in [6.07, 6.45) is 2.39. The van der Waals surface area contributed by atoms with E-state index in [0.717, 1.165) is 27.3 Å². The van der Waals surface area contributed by atoms with Crippen LogP contribution in [0.3, 0.4) is 0 Å². The van der Waals surface area contributed by atoms with Crippen LogP contribution >= 0.6 is 11.6 Å². The number of rotatable bonds is 3. The van der Waals surface area contributed by atoms with Crippen LogP contribution in [-0.2, 0) is 19.2 Å². The summed E-state index contributed by atoms with van der Waals surface area (Å²) >= 11 is 6.10. The van der Waals surface area contributed by atoms with E-state index in [-0.39, 0.29) is 41.1 Å². The molecule has 46 heavy (non-hydrogen) atoms. The summed E-state index contributed by atoms with van der Waals surface area (Å²) < 4.78 is 14.2. The molecule has 1 N–H and O–H groups in total. The number of nitrogens with zero attached hydrogens (tertiary/aromatic N) is 2. The Bertz CT molecular complexity index is 2050. The highest BCUT2D eigenvalue weighted by Crippen LogP contribution is 2.65. The molecular weight excluding hydrogens is 607 g/mol. The number of allylic oxidation sites excluding steroid dienone is 2. The molecular formula is C37H28ClFN2O5. The fraction of sp³-hybridized carbons (Fsp3) is 0.243. The van der Waals surface area contributed by atoms with Gasteiger partial charge in [-0.2, -0.15) is 0 Å². The molecule has 6 unspecified atom stereocenters. The first-order valence-electron chi connectivity index (χ1n) is 15.3. The number of anilines is 2. The lowest BCUT2D eigenvalue weighted by Gasteiger charge is -2.49. The van der Waals surface area contributed by atoms with Crippen molar-refractivity contribution >= 4 is 57.4 Å². The van der Waals surface area contributed by atoms with Gasteiger partial charge in [-0.05, 0) is 72.9 Å². The van der Waals surface area contributed by atoms with Gasteiger partial charge in [-0.25, -0.2) is 9.29 Å². The number of benzene rings is 4. The monoisotopic (exact) mass is 634 g/mol. The molecule has 2 heterocycles. The molecule has 0 bridgehead atoms. The Morgan fingerprint density at radius 1 is 0.826 bits per heavy atom. The van der Waals surface area contributed by atoms with Crippen molar-refractivity contribution in [2.24, 2.45) is 29.1 Å². The van der Waals surface area contributed by atoms with Crippen molar-refractivity contribution in [2.45, 2.75) is 25.7 Å². The van der Waals surface area contributed by atoms with Crippen molar-refractivity contribution in [2.75, 3.05) is 9.80 Å². The Kier molecular flexibility index (Phi) is 6.28. The molecule has 3 fully saturated rings. The molecule has 1 saturated carbocycles. The second-order valence-electron chi connectivity index (χ2n) is 12.8. The maximum atomic E-state index is 14.7. The molecule has 0 aromatic heterocycles. The fourth-order valence-corrected chi connectivity index (χ4v) is 8.79. The van der Waals surface area contributed by atoms with Crippen molar-refractivity contribution in [3.63, 3.8) is 0 Å². The minimum atomic E-state index is -1.38. The van der Waals surface area contributed by atoms with Crippen LogP contribution in [0.4, 0.5) is 15.8 Å². The summed E-state index contributed by atoms with van der Waals surface area (Å²) in [5.41, 5.74) is 0.526. The van der Waals surface area contributed by atoms with Gasteiger partial charge in [0.25, 0.3) is 0 Å². The minimum absolute atomic E-state index is 0.0318. The number of hydrogen-bond donors (Lipinski definition) is 1. The van der Waals surface area contributed by atoms with Gasteiger partial charge in [0.15, 0.2) is 0 Å². The third kappa shape index (κ3) is 3.76. The van der Waals surface area contributed by atoms with Gasteiger partial charge in [-0.1, -0.05) is 71.8 Å². The minimum Gasteiger partial charge on any atom is -0.508 e. The third-order valence-corrected chi connectivity index (χ3v) is 11.0. The molecule has 4 aromatic rings. The lowest BCUT2D eigenvalue weighted by atomic mass is 9.51. The number of fused-ring (bicyclic) bond motifs is 5. The highest BCUT2D eigenvalue weighted by atomic mass is 35.5. The van der Waals surface area contributed by atoms with Gasteiger partial charge in [0.05, 0.1) is 39.6 Å². The van der Waals surface area contributed by atoms with Gasteiger partial charge in [-0.15, -0.1) is 0 Å². The molecule has 8 rings (SSSR count). The summed E-state index contributed by atoms with van der Waals surface area (Å²) in [4.78, 5) is 59.4. The van der Waals surface area contributed by atoms with Crippen LogP contribution in [-0.4, -0.2) is 28.7 Å². The Balaban J connectivity index is 1.33. The van der Waals surface area contributed by atoms with Crippen molar-refractivity contribution in [3.8, 4) is 5.75 Å². The van der Waals surface area contributed by atoms with Crippen LogP contribution < -0.4 is 9.80 Å². The van der Waals surface area contributed by atoms with Gasteiger partial charge in [0.2, 0.25) is 23.6 Å². The largest absolute Gasteiger partial charge is 0.508 e. The van der Waals surface area contributed by atoms with E-state index in [1.807, 2.05) is 36.4 Å². The van der Waals surface area contributed by atoms with Crippen LogP contribution in [0.2, 0.25) is 5.02 Å². The molecule has 2 aliphatic heterocycles. The normalized spacial score (nSPS) is 28.8. The summed E-state index contributed by atoms with van der Waals surface area (Å²) in [5.74, 6) is -5.92. The van der Waals surface area contributed by atoms with Gasteiger partial charge < -0.3 is 5.11 Å². The smallest absolute Gasteiger partial charge is 0.241 e. The number of aromatic hydroxyl groups is 1.